The van der Waals surface area contributed by atoms with Crippen LogP contribution in [0.4, 0.5) is 0 Å². The third-order valence-corrected chi connectivity index (χ3v) is 4.08. The van der Waals surface area contributed by atoms with E-state index < -0.39 is 0 Å². The SMILES string of the molecule is CCC(CC)NC(=O)CN(CC)CC1CCCNC1. The third kappa shape index (κ3) is 6.39. The van der Waals surface area contributed by atoms with Gasteiger partial charge >= 0.3 is 0 Å². The van der Waals surface area contributed by atoms with E-state index in [4.69, 9.17) is 0 Å². The number of amides is 1. The molecule has 1 atom stereocenters. The minimum absolute atomic E-state index is 0.180. The lowest BCUT2D eigenvalue weighted by Gasteiger charge is -2.29. The second-order valence-corrected chi connectivity index (χ2v) is 5.62. The first-order valence-electron chi connectivity index (χ1n) is 7.91. The van der Waals surface area contributed by atoms with Crippen LogP contribution in [-0.2, 0) is 4.79 Å². The number of likely N-dealkylation sites (N-methyl/N-ethyl adjacent to an activating group) is 1. The molecule has 1 rings (SSSR count). The zero-order valence-corrected chi connectivity index (χ0v) is 12.9. The van der Waals surface area contributed by atoms with Gasteiger partial charge in [-0.3, -0.25) is 9.69 Å². The summed E-state index contributed by atoms with van der Waals surface area (Å²) in [4.78, 5) is 14.3. The molecule has 1 aliphatic rings. The van der Waals surface area contributed by atoms with Gasteiger partial charge in [-0.2, -0.15) is 0 Å². The van der Waals surface area contributed by atoms with Crippen LogP contribution in [0.5, 0.6) is 0 Å². The van der Waals surface area contributed by atoms with E-state index in [9.17, 15) is 4.79 Å². The van der Waals surface area contributed by atoms with Gasteiger partial charge in [0.05, 0.1) is 6.54 Å². The average Bonchev–Trinajstić information content (AvgIpc) is 2.45. The first-order chi connectivity index (χ1) is 9.19. The molecule has 0 aliphatic carbocycles. The number of rotatable bonds is 8. The molecule has 0 aromatic carbocycles. The fourth-order valence-corrected chi connectivity index (χ4v) is 2.72. The van der Waals surface area contributed by atoms with Crippen molar-refractivity contribution in [2.75, 3.05) is 32.7 Å². The van der Waals surface area contributed by atoms with Crippen LogP contribution in [0.15, 0.2) is 0 Å². The van der Waals surface area contributed by atoms with E-state index >= 15 is 0 Å². The summed E-state index contributed by atoms with van der Waals surface area (Å²) in [6.07, 6.45) is 4.58. The van der Waals surface area contributed by atoms with Crippen LogP contribution in [-0.4, -0.2) is 49.6 Å². The van der Waals surface area contributed by atoms with Gasteiger partial charge in [0.1, 0.15) is 0 Å². The first-order valence-corrected chi connectivity index (χ1v) is 7.91. The number of nitrogens with zero attached hydrogens (tertiary/aromatic N) is 1. The summed E-state index contributed by atoms with van der Waals surface area (Å²) in [5.41, 5.74) is 0. The quantitative estimate of drug-likeness (QED) is 0.704. The van der Waals surface area contributed by atoms with E-state index in [0.717, 1.165) is 39.0 Å². The smallest absolute Gasteiger partial charge is 0.234 e. The summed E-state index contributed by atoms with van der Waals surface area (Å²) in [6.45, 7) is 11.2. The fraction of sp³-hybridized carbons (Fsp3) is 0.933. The van der Waals surface area contributed by atoms with Crippen LogP contribution in [0.25, 0.3) is 0 Å². The molecule has 0 bridgehead atoms. The first kappa shape index (κ1) is 16.4. The molecule has 0 radical (unpaired) electrons. The van der Waals surface area contributed by atoms with Crippen LogP contribution < -0.4 is 10.6 Å². The third-order valence-electron chi connectivity index (χ3n) is 4.08. The zero-order chi connectivity index (χ0) is 14.1. The van der Waals surface area contributed by atoms with E-state index in [1.54, 1.807) is 0 Å². The largest absolute Gasteiger partial charge is 0.352 e. The predicted octanol–water partition coefficient (Wildman–Crippen LogP) is 1.61. The lowest BCUT2D eigenvalue weighted by molar-refractivity contribution is -0.123. The minimum atomic E-state index is 0.180. The molecule has 0 spiro atoms. The molecule has 19 heavy (non-hydrogen) atoms. The van der Waals surface area contributed by atoms with E-state index in [-0.39, 0.29) is 5.91 Å². The van der Waals surface area contributed by atoms with Crippen molar-refractivity contribution in [1.29, 1.82) is 0 Å². The molecule has 1 heterocycles. The average molecular weight is 269 g/mol. The molecule has 1 fully saturated rings. The number of nitrogens with one attached hydrogen (secondary N) is 2. The Labute approximate surface area is 118 Å². The van der Waals surface area contributed by atoms with Crippen LogP contribution in [0.1, 0.15) is 46.5 Å². The Kier molecular flexibility index (Phi) is 8.07. The molecule has 1 amide bonds. The van der Waals surface area contributed by atoms with Crippen LogP contribution in [0, 0.1) is 5.92 Å². The highest BCUT2D eigenvalue weighted by molar-refractivity contribution is 5.78. The molecular weight excluding hydrogens is 238 g/mol. The molecule has 1 aliphatic heterocycles. The second kappa shape index (κ2) is 9.32. The molecule has 4 nitrogen and oxygen atoms in total. The Hall–Kier alpha value is -0.610. The van der Waals surface area contributed by atoms with E-state index in [0.29, 0.717) is 18.5 Å². The Morgan fingerprint density at radius 3 is 2.63 bits per heavy atom. The van der Waals surface area contributed by atoms with Crippen molar-refractivity contribution >= 4 is 5.91 Å². The van der Waals surface area contributed by atoms with Crippen molar-refractivity contribution in [3.05, 3.63) is 0 Å². The fourth-order valence-electron chi connectivity index (χ4n) is 2.72. The monoisotopic (exact) mass is 269 g/mol. The Bertz CT molecular complexity index is 248. The molecule has 1 saturated heterocycles. The number of hydrogen-bond donors (Lipinski definition) is 2. The predicted molar refractivity (Wildman–Crippen MR) is 80.2 cm³/mol. The number of carbonyl (C=O) groups is 1. The molecule has 0 aromatic rings. The van der Waals surface area contributed by atoms with Crippen molar-refractivity contribution in [1.82, 2.24) is 15.5 Å². The van der Waals surface area contributed by atoms with Gasteiger partial charge in [0.2, 0.25) is 5.91 Å². The molecule has 1 unspecified atom stereocenters. The maximum absolute atomic E-state index is 12.0. The second-order valence-electron chi connectivity index (χ2n) is 5.62. The van der Waals surface area contributed by atoms with Gasteiger partial charge in [0.25, 0.3) is 0 Å². The van der Waals surface area contributed by atoms with Crippen LogP contribution in [0.2, 0.25) is 0 Å². The molecule has 2 N–H and O–H groups in total. The topological polar surface area (TPSA) is 44.4 Å². The highest BCUT2D eigenvalue weighted by Crippen LogP contribution is 2.11. The summed E-state index contributed by atoms with van der Waals surface area (Å²) in [6, 6.07) is 0.336. The molecule has 112 valence electrons. The summed E-state index contributed by atoms with van der Waals surface area (Å²) in [5, 5.41) is 6.56. The van der Waals surface area contributed by atoms with Gasteiger partial charge in [-0.15, -0.1) is 0 Å². The Balaban J connectivity index is 2.31. The number of hydrogen-bond acceptors (Lipinski definition) is 3. The molecule has 0 aromatic heterocycles. The van der Waals surface area contributed by atoms with Crippen molar-refractivity contribution in [3.8, 4) is 0 Å². The maximum Gasteiger partial charge on any atom is 0.234 e. The maximum atomic E-state index is 12.0. The van der Waals surface area contributed by atoms with Gasteiger partial charge in [0.15, 0.2) is 0 Å². The van der Waals surface area contributed by atoms with Gasteiger partial charge in [-0.1, -0.05) is 20.8 Å². The molecule has 0 saturated carbocycles. The summed E-state index contributed by atoms with van der Waals surface area (Å²) in [7, 11) is 0. The van der Waals surface area contributed by atoms with Crippen molar-refractivity contribution < 1.29 is 4.79 Å². The number of carbonyl (C=O) groups excluding carboxylic acids is 1. The lowest BCUT2D eigenvalue weighted by atomic mass is 9.99. The summed E-state index contributed by atoms with van der Waals surface area (Å²) < 4.78 is 0. The van der Waals surface area contributed by atoms with Crippen LogP contribution in [0.3, 0.4) is 0 Å². The van der Waals surface area contributed by atoms with Gasteiger partial charge < -0.3 is 10.6 Å². The number of piperidine rings is 1. The molecule has 4 heteroatoms. The van der Waals surface area contributed by atoms with E-state index in [1.165, 1.54) is 12.8 Å². The highest BCUT2D eigenvalue weighted by atomic mass is 16.2. The lowest BCUT2D eigenvalue weighted by Crippen LogP contribution is -2.45. The zero-order valence-electron chi connectivity index (χ0n) is 12.9. The highest BCUT2D eigenvalue weighted by Gasteiger charge is 2.18. The molecular formula is C15H31N3O. The summed E-state index contributed by atoms with van der Waals surface area (Å²) >= 11 is 0. The van der Waals surface area contributed by atoms with Crippen molar-refractivity contribution in [2.24, 2.45) is 5.92 Å². The Morgan fingerprint density at radius 1 is 1.37 bits per heavy atom. The van der Waals surface area contributed by atoms with Gasteiger partial charge in [-0.05, 0) is 51.2 Å². The summed E-state index contributed by atoms with van der Waals surface area (Å²) in [5.74, 6) is 0.883. The normalized spacial score (nSPS) is 19.9. The Morgan fingerprint density at radius 2 is 2.11 bits per heavy atom. The minimum Gasteiger partial charge on any atom is -0.352 e. The van der Waals surface area contributed by atoms with Crippen molar-refractivity contribution in [3.63, 3.8) is 0 Å². The van der Waals surface area contributed by atoms with Gasteiger partial charge in [0, 0.05) is 12.6 Å². The van der Waals surface area contributed by atoms with E-state index in [2.05, 4.69) is 36.3 Å². The van der Waals surface area contributed by atoms with Crippen molar-refractivity contribution in [2.45, 2.75) is 52.5 Å². The van der Waals surface area contributed by atoms with E-state index in [1.807, 2.05) is 0 Å². The van der Waals surface area contributed by atoms with Crippen LogP contribution >= 0.6 is 0 Å². The van der Waals surface area contributed by atoms with Gasteiger partial charge in [-0.25, -0.2) is 0 Å². The standard InChI is InChI=1S/C15H31N3O/c1-4-14(5-2)17-15(19)12-18(6-3)11-13-8-7-9-16-10-13/h13-14,16H,4-12H2,1-3H3,(H,17,19).